The third-order valence-electron chi connectivity index (χ3n) is 3.67. The van der Waals surface area contributed by atoms with E-state index in [2.05, 4.69) is 38.2 Å². The molecule has 2 nitrogen and oxygen atoms in total. The Morgan fingerprint density at radius 3 is 2.29 bits per heavy atom. The molecule has 1 rings (SSSR count). The minimum absolute atomic E-state index is 0.441. The third kappa shape index (κ3) is 3.25. The molecule has 2 heteroatoms. The zero-order valence-corrected chi connectivity index (χ0v) is 10.3. The zero-order chi connectivity index (χ0) is 10.6. The smallest absolute Gasteiger partial charge is 0.0202 e. The van der Waals surface area contributed by atoms with Crippen LogP contribution in [0.1, 0.15) is 39.5 Å². The molecule has 0 spiro atoms. The predicted molar refractivity (Wildman–Crippen MR) is 62.6 cm³/mol. The van der Waals surface area contributed by atoms with E-state index in [0.717, 1.165) is 5.92 Å². The third-order valence-corrected chi connectivity index (χ3v) is 3.67. The van der Waals surface area contributed by atoms with Crippen LogP contribution >= 0.6 is 0 Å². The summed E-state index contributed by atoms with van der Waals surface area (Å²) in [5, 5.41) is 3.57. The Morgan fingerprint density at radius 1 is 1.29 bits per heavy atom. The summed E-state index contributed by atoms with van der Waals surface area (Å²) >= 11 is 0. The molecule has 1 fully saturated rings. The van der Waals surface area contributed by atoms with Gasteiger partial charge in [0.1, 0.15) is 0 Å². The molecule has 14 heavy (non-hydrogen) atoms. The molecule has 1 heterocycles. The topological polar surface area (TPSA) is 15.3 Å². The second-order valence-corrected chi connectivity index (χ2v) is 5.27. The summed E-state index contributed by atoms with van der Waals surface area (Å²) in [5.41, 5.74) is 0.441. The maximum atomic E-state index is 3.57. The molecule has 0 aromatic carbocycles. The first kappa shape index (κ1) is 12.0. The SMILES string of the molecule is CNC1(CCC(C)C)CCN(C)CC1. The first-order valence-electron chi connectivity index (χ1n) is 5.95. The predicted octanol–water partition coefficient (Wildman–Crippen LogP) is 2.11. The van der Waals surface area contributed by atoms with E-state index in [9.17, 15) is 0 Å². The number of likely N-dealkylation sites (tertiary alicyclic amines) is 1. The maximum absolute atomic E-state index is 3.57. The number of nitrogens with zero attached hydrogens (tertiary/aromatic N) is 1. The quantitative estimate of drug-likeness (QED) is 0.744. The Hall–Kier alpha value is -0.0800. The molecule has 0 unspecified atom stereocenters. The van der Waals surface area contributed by atoms with E-state index >= 15 is 0 Å². The highest BCUT2D eigenvalue weighted by Crippen LogP contribution is 2.27. The van der Waals surface area contributed by atoms with E-state index in [0.29, 0.717) is 5.54 Å². The van der Waals surface area contributed by atoms with Crippen LogP contribution in [0.25, 0.3) is 0 Å². The molecule has 0 aromatic rings. The van der Waals surface area contributed by atoms with Gasteiger partial charge in [0.2, 0.25) is 0 Å². The average molecular weight is 198 g/mol. The minimum atomic E-state index is 0.441. The van der Waals surface area contributed by atoms with E-state index in [1.807, 2.05) is 0 Å². The standard InChI is InChI=1S/C12H26N2/c1-11(2)5-6-12(13-3)7-9-14(4)10-8-12/h11,13H,5-10H2,1-4H3. The molecule has 0 radical (unpaired) electrons. The zero-order valence-electron chi connectivity index (χ0n) is 10.3. The van der Waals surface area contributed by atoms with Crippen LogP contribution in [0.15, 0.2) is 0 Å². The monoisotopic (exact) mass is 198 g/mol. The van der Waals surface area contributed by atoms with Crippen molar-refractivity contribution in [3.05, 3.63) is 0 Å². The summed E-state index contributed by atoms with van der Waals surface area (Å²) in [6, 6.07) is 0. The van der Waals surface area contributed by atoms with Crippen molar-refractivity contribution >= 4 is 0 Å². The first-order chi connectivity index (χ1) is 6.58. The van der Waals surface area contributed by atoms with Crippen LogP contribution in [0.3, 0.4) is 0 Å². The van der Waals surface area contributed by atoms with Crippen LogP contribution < -0.4 is 5.32 Å². The van der Waals surface area contributed by atoms with Crippen LogP contribution in [-0.4, -0.2) is 37.6 Å². The van der Waals surface area contributed by atoms with Crippen LogP contribution in [-0.2, 0) is 0 Å². The van der Waals surface area contributed by atoms with E-state index < -0.39 is 0 Å². The van der Waals surface area contributed by atoms with Gasteiger partial charge in [-0.15, -0.1) is 0 Å². The van der Waals surface area contributed by atoms with E-state index in [1.54, 1.807) is 0 Å². The maximum Gasteiger partial charge on any atom is 0.0202 e. The Labute approximate surface area is 89.1 Å². The summed E-state index contributed by atoms with van der Waals surface area (Å²) in [4.78, 5) is 2.44. The van der Waals surface area contributed by atoms with Gasteiger partial charge in [0.25, 0.3) is 0 Å². The Kier molecular flexibility index (Phi) is 4.39. The summed E-state index contributed by atoms with van der Waals surface area (Å²) in [6.45, 7) is 7.13. The van der Waals surface area contributed by atoms with Crippen molar-refractivity contribution in [2.45, 2.75) is 45.1 Å². The lowest BCUT2D eigenvalue weighted by Crippen LogP contribution is -2.51. The molecule has 0 amide bonds. The fourth-order valence-corrected chi connectivity index (χ4v) is 2.24. The fraction of sp³-hybridized carbons (Fsp3) is 1.00. The highest BCUT2D eigenvalue weighted by Gasteiger charge is 2.31. The van der Waals surface area contributed by atoms with E-state index in [1.165, 1.54) is 38.8 Å². The van der Waals surface area contributed by atoms with Gasteiger partial charge in [0.15, 0.2) is 0 Å². The second-order valence-electron chi connectivity index (χ2n) is 5.27. The summed E-state index contributed by atoms with van der Waals surface area (Å²) < 4.78 is 0. The highest BCUT2D eigenvalue weighted by atomic mass is 15.1. The van der Waals surface area contributed by atoms with Crippen LogP contribution in [0.2, 0.25) is 0 Å². The molecule has 0 atom stereocenters. The summed E-state index contributed by atoms with van der Waals surface area (Å²) in [7, 11) is 4.35. The van der Waals surface area contributed by atoms with Crippen molar-refractivity contribution in [1.82, 2.24) is 10.2 Å². The van der Waals surface area contributed by atoms with Crippen molar-refractivity contribution in [2.75, 3.05) is 27.2 Å². The van der Waals surface area contributed by atoms with Crippen LogP contribution in [0.5, 0.6) is 0 Å². The van der Waals surface area contributed by atoms with Crippen LogP contribution in [0, 0.1) is 5.92 Å². The van der Waals surface area contributed by atoms with Gasteiger partial charge in [-0.25, -0.2) is 0 Å². The molecular weight excluding hydrogens is 172 g/mol. The van der Waals surface area contributed by atoms with Crippen molar-refractivity contribution < 1.29 is 0 Å². The van der Waals surface area contributed by atoms with Gasteiger partial charge in [0, 0.05) is 5.54 Å². The van der Waals surface area contributed by atoms with Gasteiger partial charge in [-0.05, 0) is 58.8 Å². The first-order valence-corrected chi connectivity index (χ1v) is 5.95. The number of hydrogen-bond acceptors (Lipinski definition) is 2. The number of nitrogens with one attached hydrogen (secondary N) is 1. The number of hydrogen-bond donors (Lipinski definition) is 1. The van der Waals surface area contributed by atoms with Crippen molar-refractivity contribution in [3.8, 4) is 0 Å². The molecule has 0 aliphatic carbocycles. The van der Waals surface area contributed by atoms with Gasteiger partial charge in [-0.2, -0.15) is 0 Å². The molecule has 0 saturated carbocycles. The molecule has 84 valence electrons. The molecule has 1 aliphatic heterocycles. The second kappa shape index (κ2) is 5.13. The van der Waals surface area contributed by atoms with Gasteiger partial charge in [-0.1, -0.05) is 13.8 Å². The summed E-state index contributed by atoms with van der Waals surface area (Å²) in [5.74, 6) is 0.833. The molecule has 1 saturated heterocycles. The molecular formula is C12H26N2. The van der Waals surface area contributed by atoms with E-state index in [4.69, 9.17) is 0 Å². The Bertz CT molecular complexity index is 158. The molecule has 1 N–H and O–H groups in total. The largest absolute Gasteiger partial charge is 0.314 e. The van der Waals surface area contributed by atoms with E-state index in [-0.39, 0.29) is 0 Å². The Balaban J connectivity index is 2.41. The lowest BCUT2D eigenvalue weighted by atomic mass is 9.82. The van der Waals surface area contributed by atoms with Crippen molar-refractivity contribution in [2.24, 2.45) is 5.92 Å². The Morgan fingerprint density at radius 2 is 1.86 bits per heavy atom. The van der Waals surface area contributed by atoms with Gasteiger partial charge >= 0.3 is 0 Å². The normalized spacial score (nSPS) is 22.9. The lowest BCUT2D eigenvalue weighted by molar-refractivity contribution is 0.149. The lowest BCUT2D eigenvalue weighted by Gasteiger charge is -2.41. The molecule has 1 aliphatic rings. The number of rotatable bonds is 4. The molecule has 0 aromatic heterocycles. The van der Waals surface area contributed by atoms with Crippen molar-refractivity contribution in [1.29, 1.82) is 0 Å². The van der Waals surface area contributed by atoms with Gasteiger partial charge in [0.05, 0.1) is 0 Å². The van der Waals surface area contributed by atoms with Gasteiger partial charge in [-0.3, -0.25) is 0 Å². The van der Waals surface area contributed by atoms with Crippen LogP contribution in [0.4, 0.5) is 0 Å². The molecule has 0 bridgehead atoms. The minimum Gasteiger partial charge on any atom is -0.314 e. The highest BCUT2D eigenvalue weighted by molar-refractivity contribution is 4.91. The number of piperidine rings is 1. The van der Waals surface area contributed by atoms with Crippen molar-refractivity contribution in [3.63, 3.8) is 0 Å². The average Bonchev–Trinajstić information content (AvgIpc) is 2.18. The summed E-state index contributed by atoms with van der Waals surface area (Å²) in [6.07, 6.45) is 5.32. The fourth-order valence-electron chi connectivity index (χ4n) is 2.24. The van der Waals surface area contributed by atoms with Gasteiger partial charge < -0.3 is 10.2 Å².